The van der Waals surface area contributed by atoms with Crippen molar-refractivity contribution in [3.8, 4) is 5.75 Å². The molecule has 4 aromatic rings. The minimum atomic E-state index is -4.64. The van der Waals surface area contributed by atoms with Crippen molar-refractivity contribution in [2.75, 3.05) is 11.9 Å². The molecule has 30 heavy (non-hydrogen) atoms. The van der Waals surface area contributed by atoms with Crippen molar-refractivity contribution in [2.24, 2.45) is 0 Å². The maximum Gasteiger partial charge on any atom is 0.422 e. The Morgan fingerprint density at radius 3 is 2.73 bits per heavy atom. The van der Waals surface area contributed by atoms with Gasteiger partial charge in [0, 0.05) is 6.07 Å². The number of H-pyrrole nitrogens is 1. The molecule has 4 rings (SSSR count). The summed E-state index contributed by atoms with van der Waals surface area (Å²) in [5.74, 6) is -2.10. The van der Waals surface area contributed by atoms with Crippen LogP contribution in [0.25, 0.3) is 16.6 Å². The number of amides is 1. The predicted molar refractivity (Wildman–Crippen MR) is 99.2 cm³/mol. The average Bonchev–Trinajstić information content (AvgIpc) is 3.12. The van der Waals surface area contributed by atoms with E-state index in [9.17, 15) is 27.2 Å². The number of alkyl halides is 3. The van der Waals surface area contributed by atoms with Crippen LogP contribution in [0.1, 0.15) is 10.4 Å². The van der Waals surface area contributed by atoms with E-state index < -0.39 is 35.8 Å². The highest BCUT2D eigenvalue weighted by Gasteiger charge is 2.29. The monoisotopic (exact) mass is 420 g/mol. The SMILES string of the molecule is O=C(Nc1ccc(F)cc1OCC(F)(F)F)c1cnn2c1[nH]c(=O)c1ccccc12. The van der Waals surface area contributed by atoms with Crippen molar-refractivity contribution in [3.63, 3.8) is 0 Å². The summed E-state index contributed by atoms with van der Waals surface area (Å²) in [4.78, 5) is 27.6. The molecule has 0 aliphatic rings. The first kappa shape index (κ1) is 19.4. The molecule has 0 aliphatic heterocycles. The zero-order valence-electron chi connectivity index (χ0n) is 15.0. The largest absolute Gasteiger partial charge is 0.482 e. The van der Waals surface area contributed by atoms with Crippen LogP contribution >= 0.6 is 0 Å². The quantitative estimate of drug-likeness (QED) is 0.495. The van der Waals surface area contributed by atoms with Gasteiger partial charge in [0.15, 0.2) is 6.61 Å². The second-order valence-electron chi connectivity index (χ2n) is 6.29. The number of benzene rings is 2. The van der Waals surface area contributed by atoms with Gasteiger partial charge in [0.05, 0.1) is 22.8 Å². The van der Waals surface area contributed by atoms with E-state index in [-0.39, 0.29) is 16.9 Å². The molecule has 2 aromatic carbocycles. The highest BCUT2D eigenvalue weighted by Crippen LogP contribution is 2.28. The maximum atomic E-state index is 13.5. The molecule has 0 aliphatic carbocycles. The molecule has 2 aromatic heterocycles. The van der Waals surface area contributed by atoms with E-state index in [2.05, 4.69) is 20.1 Å². The molecule has 0 bridgehead atoms. The number of anilines is 1. The van der Waals surface area contributed by atoms with Gasteiger partial charge >= 0.3 is 6.18 Å². The van der Waals surface area contributed by atoms with Crippen molar-refractivity contribution in [2.45, 2.75) is 6.18 Å². The van der Waals surface area contributed by atoms with Gasteiger partial charge in [-0.25, -0.2) is 8.91 Å². The van der Waals surface area contributed by atoms with E-state index in [1.165, 1.54) is 10.7 Å². The van der Waals surface area contributed by atoms with Crippen LogP contribution in [0, 0.1) is 5.82 Å². The average molecular weight is 420 g/mol. The van der Waals surface area contributed by atoms with Crippen LogP contribution in [-0.4, -0.2) is 33.3 Å². The number of carbonyl (C=O) groups is 1. The lowest BCUT2D eigenvalue weighted by atomic mass is 10.2. The van der Waals surface area contributed by atoms with Crippen molar-refractivity contribution >= 4 is 28.1 Å². The van der Waals surface area contributed by atoms with Gasteiger partial charge in [-0.3, -0.25) is 9.59 Å². The lowest BCUT2D eigenvalue weighted by Gasteiger charge is -2.14. The fourth-order valence-electron chi connectivity index (χ4n) is 2.91. The van der Waals surface area contributed by atoms with Gasteiger partial charge in [0.1, 0.15) is 22.8 Å². The molecular formula is C19H12F4N4O3. The van der Waals surface area contributed by atoms with Crippen LogP contribution in [0.3, 0.4) is 0 Å². The minimum absolute atomic E-state index is 0.0380. The Kier molecular flexibility index (Phi) is 4.65. The summed E-state index contributed by atoms with van der Waals surface area (Å²) in [6.45, 7) is -1.66. The lowest BCUT2D eigenvalue weighted by Crippen LogP contribution is -2.20. The van der Waals surface area contributed by atoms with Gasteiger partial charge in [-0.05, 0) is 24.3 Å². The van der Waals surface area contributed by atoms with Crippen LogP contribution < -0.4 is 15.6 Å². The van der Waals surface area contributed by atoms with E-state index in [0.29, 0.717) is 10.9 Å². The van der Waals surface area contributed by atoms with E-state index >= 15 is 0 Å². The summed E-state index contributed by atoms with van der Waals surface area (Å²) < 4.78 is 56.8. The number of rotatable bonds is 4. The molecule has 0 unspecified atom stereocenters. The van der Waals surface area contributed by atoms with E-state index in [0.717, 1.165) is 18.2 Å². The zero-order valence-corrected chi connectivity index (χ0v) is 15.0. The number of hydrogen-bond donors (Lipinski definition) is 2. The fraction of sp³-hybridized carbons (Fsp3) is 0.105. The summed E-state index contributed by atoms with van der Waals surface area (Å²) in [7, 11) is 0. The first-order valence-corrected chi connectivity index (χ1v) is 8.52. The van der Waals surface area contributed by atoms with Crippen LogP contribution in [0.5, 0.6) is 5.75 Å². The predicted octanol–water partition coefficient (Wildman–Crippen LogP) is 3.51. The zero-order chi connectivity index (χ0) is 21.5. The summed E-state index contributed by atoms with van der Waals surface area (Å²) in [6, 6.07) is 9.38. The second-order valence-corrected chi connectivity index (χ2v) is 6.29. The highest BCUT2D eigenvalue weighted by atomic mass is 19.4. The molecule has 2 heterocycles. The molecule has 1 amide bonds. The van der Waals surface area contributed by atoms with Gasteiger partial charge in [-0.1, -0.05) is 12.1 Å². The number of ether oxygens (including phenoxy) is 1. The van der Waals surface area contributed by atoms with Gasteiger partial charge < -0.3 is 15.0 Å². The Hall–Kier alpha value is -3.89. The topological polar surface area (TPSA) is 88.5 Å². The second kappa shape index (κ2) is 7.17. The van der Waals surface area contributed by atoms with Gasteiger partial charge in [0.25, 0.3) is 11.5 Å². The first-order chi connectivity index (χ1) is 14.2. The number of hydrogen-bond acceptors (Lipinski definition) is 4. The normalized spacial score (nSPS) is 11.7. The van der Waals surface area contributed by atoms with Crippen molar-refractivity contribution in [1.82, 2.24) is 14.6 Å². The van der Waals surface area contributed by atoms with E-state index in [4.69, 9.17) is 0 Å². The summed E-state index contributed by atoms with van der Waals surface area (Å²) in [5, 5.41) is 6.83. The van der Waals surface area contributed by atoms with Crippen molar-refractivity contribution in [3.05, 3.63) is 70.4 Å². The molecule has 0 fully saturated rings. The van der Waals surface area contributed by atoms with Gasteiger partial charge in [-0.15, -0.1) is 0 Å². The molecule has 0 atom stereocenters. The number of nitrogens with one attached hydrogen (secondary N) is 2. The minimum Gasteiger partial charge on any atom is -0.482 e. The summed E-state index contributed by atoms with van der Waals surface area (Å²) in [5.41, 5.74) is -0.0944. The van der Waals surface area contributed by atoms with Crippen LogP contribution in [0.15, 0.2) is 53.5 Å². The Morgan fingerprint density at radius 1 is 1.20 bits per heavy atom. The number of aromatic nitrogens is 3. The number of nitrogens with zero attached hydrogens (tertiary/aromatic N) is 2. The summed E-state index contributed by atoms with van der Waals surface area (Å²) in [6.07, 6.45) is -3.44. The third kappa shape index (κ3) is 3.69. The molecule has 11 heteroatoms. The number of carbonyl (C=O) groups excluding carboxylic acids is 1. The van der Waals surface area contributed by atoms with Crippen LogP contribution in [0.2, 0.25) is 0 Å². The third-order valence-electron chi connectivity index (χ3n) is 4.21. The highest BCUT2D eigenvalue weighted by molar-refractivity contribution is 6.09. The van der Waals surface area contributed by atoms with Gasteiger partial charge in [0.2, 0.25) is 0 Å². The Balaban J connectivity index is 1.70. The molecule has 7 nitrogen and oxygen atoms in total. The Morgan fingerprint density at radius 2 is 1.97 bits per heavy atom. The number of para-hydroxylation sites is 1. The third-order valence-corrected chi connectivity index (χ3v) is 4.21. The molecule has 0 saturated heterocycles. The first-order valence-electron chi connectivity index (χ1n) is 8.52. The standard InChI is InChI=1S/C19H12F4N4O3/c20-10-5-6-13(15(7-10)30-9-19(21,22)23)25-18(29)12-8-24-27-14-4-2-1-3-11(14)17(28)26-16(12)27/h1-8H,9H2,(H,25,29)(H,26,28). The lowest BCUT2D eigenvalue weighted by molar-refractivity contribution is -0.153. The van der Waals surface area contributed by atoms with E-state index in [1.54, 1.807) is 24.3 Å². The van der Waals surface area contributed by atoms with Crippen LogP contribution in [-0.2, 0) is 0 Å². The van der Waals surface area contributed by atoms with Crippen molar-refractivity contribution in [1.29, 1.82) is 0 Å². The molecule has 2 N–H and O–H groups in total. The Bertz CT molecular complexity index is 1330. The summed E-state index contributed by atoms with van der Waals surface area (Å²) >= 11 is 0. The smallest absolute Gasteiger partial charge is 0.422 e. The number of halogens is 4. The fourth-order valence-corrected chi connectivity index (χ4v) is 2.91. The van der Waals surface area contributed by atoms with E-state index in [1.807, 2.05) is 0 Å². The molecule has 154 valence electrons. The maximum absolute atomic E-state index is 13.5. The molecule has 0 spiro atoms. The molecule has 0 saturated carbocycles. The molecular weight excluding hydrogens is 408 g/mol. The van der Waals surface area contributed by atoms with Crippen LogP contribution in [0.4, 0.5) is 23.2 Å². The Labute approximate surface area is 164 Å². The van der Waals surface area contributed by atoms with Gasteiger partial charge in [-0.2, -0.15) is 18.3 Å². The number of aromatic amines is 1. The van der Waals surface area contributed by atoms with Crippen molar-refractivity contribution < 1.29 is 27.1 Å². The molecule has 0 radical (unpaired) electrons. The number of fused-ring (bicyclic) bond motifs is 3.